The van der Waals surface area contributed by atoms with Crippen LogP contribution in [-0.2, 0) is 20.4 Å². The third-order valence-corrected chi connectivity index (χ3v) is 16.3. The first kappa shape index (κ1) is 30.1. The van der Waals surface area contributed by atoms with Crippen LogP contribution < -0.4 is 4.74 Å². The molecular formula is C38H38O8Si. The normalized spacial score (nSPS) is 28.6. The van der Waals surface area contributed by atoms with E-state index in [4.69, 9.17) is 13.9 Å². The molecule has 2 aliphatic heterocycles. The number of ether oxygens (including phenoxy) is 2. The van der Waals surface area contributed by atoms with Gasteiger partial charge < -0.3 is 24.1 Å². The van der Waals surface area contributed by atoms with Crippen LogP contribution in [0.25, 0.3) is 0 Å². The second-order valence-electron chi connectivity index (χ2n) is 15.4. The van der Waals surface area contributed by atoms with Gasteiger partial charge in [0.25, 0.3) is 0 Å². The first-order chi connectivity index (χ1) is 22.0. The maximum absolute atomic E-state index is 14.8. The molecule has 1 fully saturated rings. The molecule has 3 aromatic carbocycles. The SMILES string of the molecule is CC1=C(O[Si](C)(C)C(C)(C)C)C[C@H]2C(=O)c3c(O)cccc3[C@]34Oc5c(ccc6c5C(=O)c5c(O)cc(C)cc5C6=O)[C@]23[C@H]1[C@@H](C)O4. The van der Waals surface area contributed by atoms with E-state index in [2.05, 4.69) is 33.9 Å². The first-order valence-electron chi connectivity index (χ1n) is 16.2. The molecule has 8 nitrogen and oxygen atoms in total. The molecular weight excluding hydrogens is 612 g/mol. The van der Waals surface area contributed by atoms with Crippen LogP contribution in [0.1, 0.15) is 99.9 Å². The number of phenolic OH excluding ortho intramolecular Hbond substituents is 2. The quantitative estimate of drug-likeness (QED) is 0.219. The Bertz CT molecular complexity index is 2050. The largest absolute Gasteiger partial charge is 0.547 e. The van der Waals surface area contributed by atoms with E-state index in [-0.39, 0.29) is 68.1 Å². The number of carbonyl (C=O) groups is 3. The maximum atomic E-state index is 14.8. The molecule has 5 atom stereocenters. The van der Waals surface area contributed by atoms with E-state index >= 15 is 0 Å². The molecule has 0 bridgehead atoms. The molecule has 0 aromatic heterocycles. The van der Waals surface area contributed by atoms with Gasteiger partial charge in [0.2, 0.25) is 19.9 Å². The number of hydrogen-bond donors (Lipinski definition) is 2. The van der Waals surface area contributed by atoms with Crippen molar-refractivity contribution in [3.05, 3.63) is 98.3 Å². The van der Waals surface area contributed by atoms with Gasteiger partial charge in [-0.15, -0.1) is 0 Å². The van der Waals surface area contributed by atoms with Crippen molar-refractivity contribution in [3.8, 4) is 17.2 Å². The topological polar surface area (TPSA) is 119 Å². The van der Waals surface area contributed by atoms with Gasteiger partial charge in [0, 0.05) is 40.5 Å². The van der Waals surface area contributed by atoms with Crippen molar-refractivity contribution in [2.75, 3.05) is 0 Å². The molecule has 1 saturated heterocycles. The molecule has 47 heavy (non-hydrogen) atoms. The summed E-state index contributed by atoms with van der Waals surface area (Å²) in [6, 6.07) is 11.4. The minimum absolute atomic E-state index is 0.0528. The summed E-state index contributed by atoms with van der Waals surface area (Å²) in [5.74, 6) is -3.39. The summed E-state index contributed by atoms with van der Waals surface area (Å²) in [6.07, 6.45) is -0.180. The summed E-state index contributed by atoms with van der Waals surface area (Å²) in [4.78, 5) is 43.1. The number of benzene rings is 3. The summed E-state index contributed by atoms with van der Waals surface area (Å²) in [6.45, 7) is 16.6. The smallest absolute Gasteiger partial charge is 0.250 e. The van der Waals surface area contributed by atoms with Crippen LogP contribution in [0.2, 0.25) is 18.1 Å². The molecule has 0 unspecified atom stereocenters. The van der Waals surface area contributed by atoms with Gasteiger partial charge >= 0.3 is 0 Å². The number of Topliss-reactive ketones (excluding diaryl/α,β-unsaturated/α-hetero) is 1. The zero-order chi connectivity index (χ0) is 33.7. The van der Waals surface area contributed by atoms with Crippen LogP contribution in [0.15, 0.2) is 53.8 Å². The van der Waals surface area contributed by atoms with Gasteiger partial charge in [-0.1, -0.05) is 39.0 Å². The molecule has 3 aliphatic carbocycles. The lowest BCUT2D eigenvalue weighted by molar-refractivity contribution is -0.202. The molecule has 1 spiro atoms. The van der Waals surface area contributed by atoms with E-state index in [9.17, 15) is 24.6 Å². The number of fused-ring (bicyclic) bond motifs is 5. The van der Waals surface area contributed by atoms with Gasteiger partial charge in [-0.2, -0.15) is 0 Å². The van der Waals surface area contributed by atoms with Crippen molar-refractivity contribution >= 4 is 25.7 Å². The number of phenols is 2. The predicted molar refractivity (Wildman–Crippen MR) is 176 cm³/mol. The standard InChI is InChI=1S/C38H38O8Si/c1-17-14-21-28(26(40)15-17)34(43)29-20(32(21)41)12-13-23-35(29)45-38-22-10-9-11-25(39)30(22)33(42)24-16-27(46-47(7,8)36(4,5)6)18(2)31(19(3)44-38)37(23,24)38/h9-15,19,24,31,39-40H,16H2,1-8H3/t19-,24+,31-,37-,38+/m1/s1. The van der Waals surface area contributed by atoms with Crippen molar-refractivity contribution < 1.29 is 38.5 Å². The zero-order valence-electron chi connectivity index (χ0n) is 27.8. The third-order valence-electron chi connectivity index (χ3n) is 11.9. The number of ketones is 3. The molecule has 3 aromatic rings. The minimum atomic E-state index is -2.33. The van der Waals surface area contributed by atoms with Crippen LogP contribution in [0.5, 0.6) is 17.2 Å². The van der Waals surface area contributed by atoms with Crippen LogP contribution in [0, 0.1) is 18.8 Å². The molecule has 9 heteroatoms. The van der Waals surface area contributed by atoms with Gasteiger partial charge in [-0.3, -0.25) is 14.4 Å². The highest BCUT2D eigenvalue weighted by atomic mass is 28.4. The van der Waals surface area contributed by atoms with E-state index in [0.29, 0.717) is 16.7 Å². The van der Waals surface area contributed by atoms with E-state index in [1.165, 1.54) is 12.1 Å². The van der Waals surface area contributed by atoms with Crippen molar-refractivity contribution in [1.82, 2.24) is 0 Å². The van der Waals surface area contributed by atoms with E-state index < -0.39 is 43.2 Å². The number of hydrogen-bond acceptors (Lipinski definition) is 8. The Morgan fingerprint density at radius 2 is 1.62 bits per heavy atom. The lowest BCUT2D eigenvalue weighted by atomic mass is 9.49. The summed E-state index contributed by atoms with van der Waals surface area (Å²) >= 11 is 0. The Labute approximate surface area is 274 Å². The first-order valence-corrected chi connectivity index (χ1v) is 19.1. The number of carbonyl (C=O) groups excluding carboxylic acids is 3. The fourth-order valence-electron chi connectivity index (χ4n) is 8.96. The second-order valence-corrected chi connectivity index (χ2v) is 20.1. The summed E-state index contributed by atoms with van der Waals surface area (Å²) < 4.78 is 20.9. The highest BCUT2D eigenvalue weighted by molar-refractivity contribution is 6.74. The number of aromatic hydroxyl groups is 2. The Kier molecular flexibility index (Phi) is 5.78. The number of allylic oxidation sites excluding steroid dienone is 1. The van der Waals surface area contributed by atoms with Gasteiger partial charge in [0.1, 0.15) is 17.2 Å². The summed E-state index contributed by atoms with van der Waals surface area (Å²) in [5.41, 5.74) is 1.94. The Balaban J connectivity index is 1.43. The zero-order valence-corrected chi connectivity index (χ0v) is 28.8. The van der Waals surface area contributed by atoms with Crippen molar-refractivity contribution in [2.45, 2.75) is 83.4 Å². The highest BCUT2D eigenvalue weighted by Gasteiger charge is 2.80. The fourth-order valence-corrected chi connectivity index (χ4v) is 10.1. The molecule has 2 heterocycles. The van der Waals surface area contributed by atoms with Gasteiger partial charge in [0.05, 0.1) is 34.0 Å². The maximum Gasteiger partial charge on any atom is 0.250 e. The molecule has 0 saturated carbocycles. The second kappa shape index (κ2) is 9.02. The Hall–Kier alpha value is -4.21. The average Bonchev–Trinajstić information content (AvgIpc) is 3.41. The van der Waals surface area contributed by atoms with Crippen molar-refractivity contribution in [3.63, 3.8) is 0 Å². The van der Waals surface area contributed by atoms with Gasteiger partial charge in [-0.05, 0) is 74.3 Å². The lowest BCUT2D eigenvalue weighted by Gasteiger charge is -2.52. The lowest BCUT2D eigenvalue weighted by Crippen LogP contribution is -2.61. The predicted octanol–water partition coefficient (Wildman–Crippen LogP) is 7.21. The average molecular weight is 651 g/mol. The Morgan fingerprint density at radius 3 is 2.32 bits per heavy atom. The van der Waals surface area contributed by atoms with Gasteiger partial charge in [0.15, 0.2) is 11.6 Å². The van der Waals surface area contributed by atoms with Gasteiger partial charge in [-0.25, -0.2) is 0 Å². The third kappa shape index (κ3) is 3.39. The van der Waals surface area contributed by atoms with Crippen LogP contribution >= 0.6 is 0 Å². The van der Waals surface area contributed by atoms with Crippen LogP contribution in [0.3, 0.4) is 0 Å². The number of aryl methyl sites for hydroxylation is 1. The monoisotopic (exact) mass is 650 g/mol. The molecule has 5 aliphatic rings. The Morgan fingerprint density at radius 1 is 0.894 bits per heavy atom. The van der Waals surface area contributed by atoms with Crippen LogP contribution in [0.4, 0.5) is 0 Å². The van der Waals surface area contributed by atoms with Crippen molar-refractivity contribution in [1.29, 1.82) is 0 Å². The summed E-state index contributed by atoms with van der Waals surface area (Å²) in [5, 5.41) is 22.0. The molecule has 2 N–H and O–H groups in total. The highest BCUT2D eigenvalue weighted by Crippen LogP contribution is 2.74. The molecule has 242 valence electrons. The van der Waals surface area contributed by atoms with E-state index in [1.54, 1.807) is 31.2 Å². The summed E-state index contributed by atoms with van der Waals surface area (Å²) in [7, 11) is -2.33. The fraction of sp³-hybridized carbons (Fsp3) is 0.395. The molecule has 0 amide bonds. The van der Waals surface area contributed by atoms with E-state index in [1.807, 2.05) is 19.9 Å². The number of rotatable bonds is 2. The van der Waals surface area contributed by atoms with Crippen molar-refractivity contribution in [2.24, 2.45) is 11.8 Å². The van der Waals surface area contributed by atoms with Crippen LogP contribution in [-0.4, -0.2) is 42.0 Å². The molecule has 8 rings (SSSR count). The molecule has 0 radical (unpaired) electrons. The van der Waals surface area contributed by atoms with E-state index in [0.717, 1.165) is 11.3 Å². The minimum Gasteiger partial charge on any atom is -0.547 e.